The van der Waals surface area contributed by atoms with E-state index in [0.29, 0.717) is 17.5 Å². The summed E-state index contributed by atoms with van der Waals surface area (Å²) in [4.78, 5) is 14.3. The summed E-state index contributed by atoms with van der Waals surface area (Å²) in [5.41, 5.74) is 2.23. The number of nitrogens with one attached hydrogen (secondary N) is 1. The summed E-state index contributed by atoms with van der Waals surface area (Å²) in [5.74, 6) is 0.367. The lowest BCUT2D eigenvalue weighted by Gasteiger charge is -2.21. The second-order valence-corrected chi connectivity index (χ2v) is 6.18. The molecule has 1 aliphatic rings. The Morgan fingerprint density at radius 2 is 2.37 bits per heavy atom. The summed E-state index contributed by atoms with van der Waals surface area (Å²) in [6.07, 6.45) is 2.73. The number of hydrogen-bond donors (Lipinski definition) is 1. The van der Waals surface area contributed by atoms with E-state index in [9.17, 15) is 4.79 Å². The molecule has 2 aromatic rings. The fourth-order valence-electron chi connectivity index (χ4n) is 2.38. The van der Waals surface area contributed by atoms with Crippen molar-refractivity contribution < 1.29 is 4.79 Å². The van der Waals surface area contributed by atoms with E-state index in [2.05, 4.69) is 27.3 Å². The summed E-state index contributed by atoms with van der Waals surface area (Å²) in [7, 11) is 0. The Kier molecular flexibility index (Phi) is 3.06. The van der Waals surface area contributed by atoms with Crippen molar-refractivity contribution in [1.82, 2.24) is 25.3 Å². The Hall–Kier alpha value is -1.76. The first kappa shape index (κ1) is 12.3. The van der Waals surface area contributed by atoms with Crippen molar-refractivity contribution in [2.45, 2.75) is 26.8 Å². The maximum Gasteiger partial charge on any atom is 0.285 e. The van der Waals surface area contributed by atoms with Gasteiger partial charge in [-0.05, 0) is 19.3 Å². The van der Waals surface area contributed by atoms with Crippen LogP contribution in [0.4, 0.5) is 0 Å². The average Bonchev–Trinajstić information content (AvgIpc) is 2.94. The minimum atomic E-state index is -0.0356. The van der Waals surface area contributed by atoms with Gasteiger partial charge in [-0.3, -0.25) is 9.89 Å². The van der Waals surface area contributed by atoms with Crippen LogP contribution in [-0.2, 0) is 13.0 Å². The van der Waals surface area contributed by atoms with E-state index in [1.54, 1.807) is 6.20 Å². The minimum absolute atomic E-state index is 0.0356. The van der Waals surface area contributed by atoms with Crippen LogP contribution < -0.4 is 0 Å². The van der Waals surface area contributed by atoms with Crippen molar-refractivity contribution in [3.8, 4) is 0 Å². The SMILES string of the molecule is Cc1nnc(C(=O)N2Cc3cn[nH]c3CC(C)C2)s1. The zero-order valence-corrected chi connectivity index (χ0v) is 11.7. The summed E-state index contributed by atoms with van der Waals surface area (Å²) < 4.78 is 0. The number of hydrogen-bond acceptors (Lipinski definition) is 5. The van der Waals surface area contributed by atoms with Crippen LogP contribution in [0.5, 0.6) is 0 Å². The molecule has 0 fully saturated rings. The van der Waals surface area contributed by atoms with Crippen molar-refractivity contribution in [2.24, 2.45) is 5.92 Å². The lowest BCUT2D eigenvalue weighted by Crippen LogP contribution is -2.33. The Bertz CT molecular complexity index is 605. The first-order valence-corrected chi connectivity index (χ1v) is 7.05. The van der Waals surface area contributed by atoms with Gasteiger partial charge in [-0.25, -0.2) is 0 Å². The van der Waals surface area contributed by atoms with Crippen LogP contribution in [0.25, 0.3) is 0 Å². The highest BCUT2D eigenvalue weighted by atomic mass is 32.1. The van der Waals surface area contributed by atoms with Crippen molar-refractivity contribution in [1.29, 1.82) is 0 Å². The third-order valence-electron chi connectivity index (χ3n) is 3.25. The molecule has 1 aliphatic heterocycles. The molecule has 0 saturated carbocycles. The molecule has 7 heteroatoms. The second-order valence-electron chi connectivity index (χ2n) is 4.99. The minimum Gasteiger partial charge on any atom is -0.332 e. The molecule has 0 aliphatic carbocycles. The summed E-state index contributed by atoms with van der Waals surface area (Å²) in [6, 6.07) is 0. The molecule has 0 saturated heterocycles. The van der Waals surface area contributed by atoms with Gasteiger partial charge in [-0.2, -0.15) is 5.10 Å². The molecular weight excluding hydrogens is 262 g/mol. The van der Waals surface area contributed by atoms with Gasteiger partial charge in [0.25, 0.3) is 5.91 Å². The van der Waals surface area contributed by atoms with Gasteiger partial charge in [-0.1, -0.05) is 18.3 Å². The molecule has 1 unspecified atom stereocenters. The predicted molar refractivity (Wildman–Crippen MR) is 70.8 cm³/mol. The molecule has 1 atom stereocenters. The van der Waals surface area contributed by atoms with Gasteiger partial charge in [0.1, 0.15) is 5.01 Å². The van der Waals surface area contributed by atoms with E-state index in [4.69, 9.17) is 0 Å². The number of carbonyl (C=O) groups is 1. The molecule has 0 bridgehead atoms. The standard InChI is InChI=1S/C12H15N5OS/c1-7-3-10-9(4-13-15-10)6-17(5-7)12(18)11-16-14-8(2)19-11/h4,7H,3,5-6H2,1-2H3,(H,13,15). The van der Waals surface area contributed by atoms with E-state index in [-0.39, 0.29) is 5.91 Å². The molecule has 0 spiro atoms. The Morgan fingerprint density at radius 1 is 1.53 bits per heavy atom. The summed E-state index contributed by atoms with van der Waals surface area (Å²) in [5, 5.41) is 16.2. The highest BCUT2D eigenvalue weighted by Gasteiger charge is 2.26. The van der Waals surface area contributed by atoms with Crippen LogP contribution in [-0.4, -0.2) is 37.7 Å². The van der Waals surface area contributed by atoms with Crippen LogP contribution in [0.15, 0.2) is 6.20 Å². The summed E-state index contributed by atoms with van der Waals surface area (Å²) in [6.45, 7) is 5.32. The highest BCUT2D eigenvalue weighted by molar-refractivity contribution is 7.13. The van der Waals surface area contributed by atoms with Crippen LogP contribution >= 0.6 is 11.3 Å². The van der Waals surface area contributed by atoms with E-state index < -0.39 is 0 Å². The molecular formula is C12H15N5OS. The Balaban J connectivity index is 1.86. The number of H-pyrrole nitrogens is 1. The maximum atomic E-state index is 12.4. The zero-order chi connectivity index (χ0) is 13.4. The Labute approximate surface area is 114 Å². The smallest absolute Gasteiger partial charge is 0.285 e. The Morgan fingerprint density at radius 3 is 3.11 bits per heavy atom. The second kappa shape index (κ2) is 4.73. The molecule has 1 N–H and O–H groups in total. The van der Waals surface area contributed by atoms with Crippen LogP contribution in [0.2, 0.25) is 0 Å². The number of aromatic nitrogens is 4. The zero-order valence-electron chi connectivity index (χ0n) is 10.9. The lowest BCUT2D eigenvalue weighted by atomic mass is 10.1. The van der Waals surface area contributed by atoms with E-state index in [1.165, 1.54) is 11.3 Å². The van der Waals surface area contributed by atoms with Crippen molar-refractivity contribution in [3.05, 3.63) is 27.5 Å². The van der Waals surface area contributed by atoms with E-state index in [0.717, 1.165) is 29.2 Å². The topological polar surface area (TPSA) is 74.8 Å². The van der Waals surface area contributed by atoms with Crippen molar-refractivity contribution in [3.63, 3.8) is 0 Å². The third kappa shape index (κ3) is 2.37. The first-order valence-electron chi connectivity index (χ1n) is 6.24. The number of fused-ring (bicyclic) bond motifs is 1. The average molecular weight is 277 g/mol. The van der Waals surface area contributed by atoms with Crippen LogP contribution in [0, 0.1) is 12.8 Å². The molecule has 1 amide bonds. The highest BCUT2D eigenvalue weighted by Crippen LogP contribution is 2.22. The van der Waals surface area contributed by atoms with Gasteiger partial charge >= 0.3 is 0 Å². The normalized spacial score (nSPS) is 19.1. The number of aromatic amines is 1. The van der Waals surface area contributed by atoms with Crippen molar-refractivity contribution in [2.75, 3.05) is 6.54 Å². The van der Waals surface area contributed by atoms with E-state index >= 15 is 0 Å². The molecule has 3 heterocycles. The van der Waals surface area contributed by atoms with Crippen LogP contribution in [0.1, 0.15) is 33.0 Å². The number of aryl methyl sites for hydroxylation is 1. The van der Waals surface area contributed by atoms with Crippen LogP contribution in [0.3, 0.4) is 0 Å². The number of carbonyl (C=O) groups excluding carboxylic acids is 1. The quantitative estimate of drug-likeness (QED) is 0.855. The van der Waals surface area contributed by atoms with Crippen molar-refractivity contribution >= 4 is 17.2 Å². The maximum absolute atomic E-state index is 12.4. The number of nitrogens with zero attached hydrogens (tertiary/aromatic N) is 4. The van der Waals surface area contributed by atoms with Gasteiger partial charge in [0.15, 0.2) is 0 Å². The van der Waals surface area contributed by atoms with Gasteiger partial charge in [-0.15, -0.1) is 10.2 Å². The molecule has 3 rings (SSSR count). The fraction of sp³-hybridized carbons (Fsp3) is 0.500. The molecule has 6 nitrogen and oxygen atoms in total. The number of amides is 1. The lowest BCUT2D eigenvalue weighted by molar-refractivity contribution is 0.0724. The molecule has 2 aromatic heterocycles. The molecule has 19 heavy (non-hydrogen) atoms. The molecule has 100 valence electrons. The van der Waals surface area contributed by atoms with Gasteiger partial charge in [0, 0.05) is 24.3 Å². The van der Waals surface area contributed by atoms with Gasteiger partial charge in [0.05, 0.1) is 6.20 Å². The molecule has 0 radical (unpaired) electrons. The molecule has 0 aromatic carbocycles. The monoisotopic (exact) mass is 277 g/mol. The first-order chi connectivity index (χ1) is 9.13. The predicted octanol–water partition coefficient (Wildman–Crippen LogP) is 1.40. The fourth-order valence-corrected chi connectivity index (χ4v) is 3.04. The van der Waals surface area contributed by atoms with E-state index in [1.807, 2.05) is 11.8 Å². The van der Waals surface area contributed by atoms with Gasteiger partial charge < -0.3 is 4.90 Å². The third-order valence-corrected chi connectivity index (χ3v) is 4.08. The number of rotatable bonds is 1. The van der Waals surface area contributed by atoms with Gasteiger partial charge in [0.2, 0.25) is 5.01 Å². The summed E-state index contributed by atoms with van der Waals surface area (Å²) >= 11 is 1.34. The largest absolute Gasteiger partial charge is 0.332 e.